The maximum atomic E-state index is 5.74. The van der Waals surface area contributed by atoms with Crippen LogP contribution in [-0.4, -0.2) is 38.0 Å². The number of hydrogen-bond acceptors (Lipinski definition) is 4. The van der Waals surface area contributed by atoms with Gasteiger partial charge in [0.05, 0.1) is 25.9 Å². The van der Waals surface area contributed by atoms with E-state index in [1.54, 1.807) is 0 Å². The lowest BCUT2D eigenvalue weighted by Crippen LogP contribution is -2.53. The van der Waals surface area contributed by atoms with E-state index in [9.17, 15) is 0 Å². The Morgan fingerprint density at radius 2 is 1.86 bits per heavy atom. The highest BCUT2D eigenvalue weighted by molar-refractivity contribution is 4.76. The molecule has 4 nitrogen and oxygen atoms in total. The van der Waals surface area contributed by atoms with E-state index < -0.39 is 5.79 Å². The van der Waals surface area contributed by atoms with Gasteiger partial charge in [-0.25, -0.2) is 0 Å². The van der Waals surface area contributed by atoms with Crippen molar-refractivity contribution in [1.82, 2.24) is 0 Å². The molecule has 2 rings (SSSR count). The van der Waals surface area contributed by atoms with Gasteiger partial charge in [0.25, 0.3) is 0 Å². The number of ether oxygens (including phenoxy) is 4. The summed E-state index contributed by atoms with van der Waals surface area (Å²) in [7, 11) is 0. The highest BCUT2D eigenvalue weighted by Gasteiger charge is 2.43. The van der Waals surface area contributed by atoms with E-state index >= 15 is 0 Å². The van der Waals surface area contributed by atoms with Gasteiger partial charge < -0.3 is 18.9 Å². The van der Waals surface area contributed by atoms with E-state index in [4.69, 9.17) is 18.9 Å². The third-order valence-electron chi connectivity index (χ3n) is 2.60. The molecule has 0 amide bonds. The third kappa shape index (κ3) is 2.08. The summed E-state index contributed by atoms with van der Waals surface area (Å²) in [4.78, 5) is 0. The Bertz CT molecular complexity index is 191. The molecule has 0 radical (unpaired) electrons. The zero-order valence-electron chi connectivity index (χ0n) is 8.82. The van der Waals surface area contributed by atoms with Crippen molar-refractivity contribution in [2.45, 2.75) is 44.9 Å². The Morgan fingerprint density at radius 3 is 2.50 bits per heavy atom. The van der Waals surface area contributed by atoms with Crippen molar-refractivity contribution in [3.63, 3.8) is 0 Å². The van der Waals surface area contributed by atoms with Gasteiger partial charge in [0.1, 0.15) is 0 Å². The van der Waals surface area contributed by atoms with E-state index in [2.05, 4.69) is 0 Å². The molecule has 2 heterocycles. The van der Waals surface area contributed by atoms with Crippen molar-refractivity contribution in [3.05, 3.63) is 0 Å². The van der Waals surface area contributed by atoms with Crippen LogP contribution in [-0.2, 0) is 18.9 Å². The monoisotopic (exact) mass is 202 g/mol. The van der Waals surface area contributed by atoms with E-state index in [0.29, 0.717) is 6.61 Å². The first kappa shape index (κ1) is 10.4. The summed E-state index contributed by atoms with van der Waals surface area (Å²) in [6, 6.07) is 0. The molecule has 0 bridgehead atoms. The molecule has 2 saturated heterocycles. The molecule has 2 aliphatic rings. The Labute approximate surface area is 84.5 Å². The highest BCUT2D eigenvalue weighted by Crippen LogP contribution is 2.29. The maximum absolute atomic E-state index is 5.74. The number of hydrogen-bond donors (Lipinski definition) is 0. The molecule has 2 fully saturated rings. The van der Waals surface area contributed by atoms with Gasteiger partial charge >= 0.3 is 0 Å². The van der Waals surface area contributed by atoms with Crippen LogP contribution in [0.3, 0.4) is 0 Å². The molecule has 0 spiro atoms. The van der Waals surface area contributed by atoms with Gasteiger partial charge in [0.2, 0.25) is 12.1 Å². The lowest BCUT2D eigenvalue weighted by atomic mass is 10.2. The topological polar surface area (TPSA) is 36.9 Å². The van der Waals surface area contributed by atoms with Gasteiger partial charge in [-0.1, -0.05) is 0 Å². The summed E-state index contributed by atoms with van der Waals surface area (Å²) in [6.07, 6.45) is 1.71. The molecule has 2 atom stereocenters. The minimum Gasteiger partial charge on any atom is -0.348 e. The fourth-order valence-corrected chi connectivity index (χ4v) is 1.83. The smallest absolute Gasteiger partial charge is 0.217 e. The second-order valence-corrected chi connectivity index (χ2v) is 4.01. The molecule has 0 aliphatic carbocycles. The summed E-state index contributed by atoms with van der Waals surface area (Å²) in [5.41, 5.74) is 0. The van der Waals surface area contributed by atoms with Crippen LogP contribution in [0.4, 0.5) is 0 Å². The highest BCUT2D eigenvalue weighted by atomic mass is 16.8. The average Bonchev–Trinajstić information content (AvgIpc) is 2.19. The molecule has 14 heavy (non-hydrogen) atoms. The SMILES string of the molecule is CC1CCOC(C)(C2OCCCO2)O1. The molecule has 0 aromatic carbocycles. The summed E-state index contributed by atoms with van der Waals surface area (Å²) >= 11 is 0. The predicted molar refractivity (Wildman–Crippen MR) is 49.8 cm³/mol. The van der Waals surface area contributed by atoms with Crippen molar-refractivity contribution in [2.24, 2.45) is 0 Å². The molecule has 0 aromatic rings. The molecule has 0 N–H and O–H groups in total. The molecule has 4 heteroatoms. The molecule has 0 aromatic heterocycles. The largest absolute Gasteiger partial charge is 0.348 e. The first-order chi connectivity index (χ1) is 6.71. The fraction of sp³-hybridized carbons (Fsp3) is 1.00. The molecule has 2 aliphatic heterocycles. The van der Waals surface area contributed by atoms with E-state index in [0.717, 1.165) is 26.1 Å². The van der Waals surface area contributed by atoms with Crippen molar-refractivity contribution < 1.29 is 18.9 Å². The van der Waals surface area contributed by atoms with Crippen LogP contribution in [0.2, 0.25) is 0 Å². The zero-order chi connectivity index (χ0) is 10.0. The van der Waals surface area contributed by atoms with Crippen LogP contribution < -0.4 is 0 Å². The summed E-state index contributed by atoms with van der Waals surface area (Å²) in [5.74, 6) is -0.724. The average molecular weight is 202 g/mol. The van der Waals surface area contributed by atoms with Gasteiger partial charge in [0, 0.05) is 0 Å². The van der Waals surface area contributed by atoms with E-state index in [1.165, 1.54) is 0 Å². The molecule has 0 saturated carbocycles. The standard InChI is InChI=1S/C10H18O4/c1-8-4-7-13-10(2,14-8)9-11-5-3-6-12-9/h8-9H,3-7H2,1-2H3. The van der Waals surface area contributed by atoms with Crippen molar-refractivity contribution in [1.29, 1.82) is 0 Å². The van der Waals surface area contributed by atoms with Crippen molar-refractivity contribution >= 4 is 0 Å². The Hall–Kier alpha value is -0.160. The Kier molecular flexibility index (Phi) is 3.07. The minimum atomic E-state index is -0.724. The van der Waals surface area contributed by atoms with E-state index in [-0.39, 0.29) is 12.4 Å². The minimum absolute atomic E-state index is 0.211. The van der Waals surface area contributed by atoms with Crippen LogP contribution >= 0.6 is 0 Å². The Balaban J connectivity index is 1.98. The molecular weight excluding hydrogens is 184 g/mol. The Morgan fingerprint density at radius 1 is 1.14 bits per heavy atom. The van der Waals surface area contributed by atoms with Crippen LogP contribution in [0.1, 0.15) is 26.7 Å². The summed E-state index contributed by atoms with van der Waals surface area (Å²) < 4.78 is 22.3. The fourth-order valence-electron chi connectivity index (χ4n) is 1.83. The van der Waals surface area contributed by atoms with Gasteiger partial charge in [-0.05, 0) is 26.7 Å². The molecule has 82 valence electrons. The maximum Gasteiger partial charge on any atom is 0.217 e. The summed E-state index contributed by atoms with van der Waals surface area (Å²) in [5, 5.41) is 0. The van der Waals surface area contributed by atoms with Crippen LogP contribution in [0, 0.1) is 0 Å². The molecular formula is C10H18O4. The van der Waals surface area contributed by atoms with Gasteiger partial charge in [-0.2, -0.15) is 0 Å². The third-order valence-corrected chi connectivity index (χ3v) is 2.60. The van der Waals surface area contributed by atoms with Gasteiger partial charge in [-0.15, -0.1) is 0 Å². The number of rotatable bonds is 1. The van der Waals surface area contributed by atoms with Crippen molar-refractivity contribution in [2.75, 3.05) is 19.8 Å². The van der Waals surface area contributed by atoms with Gasteiger partial charge in [-0.3, -0.25) is 0 Å². The lowest BCUT2D eigenvalue weighted by molar-refractivity contribution is -0.383. The summed E-state index contributed by atoms with van der Waals surface area (Å²) in [6.45, 7) is 6.09. The van der Waals surface area contributed by atoms with Crippen molar-refractivity contribution in [3.8, 4) is 0 Å². The lowest BCUT2D eigenvalue weighted by Gasteiger charge is -2.42. The normalized spacial score (nSPS) is 41.1. The van der Waals surface area contributed by atoms with E-state index in [1.807, 2.05) is 13.8 Å². The first-order valence-electron chi connectivity index (χ1n) is 5.26. The van der Waals surface area contributed by atoms with Crippen LogP contribution in [0.25, 0.3) is 0 Å². The quantitative estimate of drug-likeness (QED) is 0.642. The zero-order valence-corrected chi connectivity index (χ0v) is 8.82. The van der Waals surface area contributed by atoms with Gasteiger partial charge in [0.15, 0.2) is 0 Å². The van der Waals surface area contributed by atoms with Crippen LogP contribution in [0.15, 0.2) is 0 Å². The predicted octanol–water partition coefficient (Wildman–Crippen LogP) is 1.29. The second-order valence-electron chi connectivity index (χ2n) is 4.01. The molecule has 2 unspecified atom stereocenters. The second kappa shape index (κ2) is 4.14. The first-order valence-corrected chi connectivity index (χ1v) is 5.26. The van der Waals surface area contributed by atoms with Crippen LogP contribution in [0.5, 0.6) is 0 Å².